The van der Waals surface area contributed by atoms with Crippen molar-refractivity contribution in [2.75, 3.05) is 11.9 Å². The number of nitrogens with one attached hydrogen (secondary N) is 3. The first kappa shape index (κ1) is 22.4. The molecule has 0 aliphatic carbocycles. The van der Waals surface area contributed by atoms with Crippen LogP contribution in [0.3, 0.4) is 0 Å². The fourth-order valence-corrected chi connectivity index (χ4v) is 2.28. The largest absolute Gasteiger partial charge is 0.392 e. The van der Waals surface area contributed by atoms with Gasteiger partial charge in [-0.05, 0) is 36.5 Å². The van der Waals surface area contributed by atoms with Gasteiger partial charge in [-0.25, -0.2) is 4.79 Å². The van der Waals surface area contributed by atoms with E-state index in [1.54, 1.807) is 24.3 Å². The zero-order valence-corrected chi connectivity index (χ0v) is 15.7. The highest BCUT2D eigenvalue weighted by Crippen LogP contribution is 2.11. The maximum atomic E-state index is 12.6. The first-order valence-corrected chi connectivity index (χ1v) is 8.84. The Bertz CT molecular complexity index is 633. The van der Waals surface area contributed by atoms with Crippen molar-refractivity contribution in [3.63, 3.8) is 0 Å². The maximum Gasteiger partial charge on any atom is 0.312 e. The van der Waals surface area contributed by atoms with Crippen LogP contribution >= 0.6 is 0 Å². The molecule has 0 bridgehead atoms. The van der Waals surface area contributed by atoms with Gasteiger partial charge in [0.25, 0.3) is 0 Å². The number of carbonyl (C=O) groups excluding carboxylic acids is 3. The Hall–Kier alpha value is -2.65. The molecule has 27 heavy (non-hydrogen) atoms. The molecule has 0 fully saturated rings. The number of amides is 4. The lowest BCUT2D eigenvalue weighted by Gasteiger charge is -2.22. The third-order valence-electron chi connectivity index (χ3n) is 4.03. The number of hydrogen-bond donors (Lipinski definition) is 6. The molecule has 0 spiro atoms. The molecule has 4 amide bonds. The number of urea groups is 1. The number of aliphatic hydroxyl groups is 1. The van der Waals surface area contributed by atoms with Crippen molar-refractivity contribution in [3.8, 4) is 0 Å². The van der Waals surface area contributed by atoms with Crippen LogP contribution in [0.2, 0.25) is 0 Å². The minimum absolute atomic E-state index is 0.0729. The summed E-state index contributed by atoms with van der Waals surface area (Å²) in [5.74, 6) is -0.880. The predicted octanol–water partition coefficient (Wildman–Crippen LogP) is 0.0340. The van der Waals surface area contributed by atoms with Gasteiger partial charge in [0.15, 0.2) is 0 Å². The van der Waals surface area contributed by atoms with E-state index in [1.807, 2.05) is 13.8 Å². The van der Waals surface area contributed by atoms with Gasteiger partial charge < -0.3 is 32.5 Å². The van der Waals surface area contributed by atoms with E-state index in [9.17, 15) is 14.4 Å². The lowest BCUT2D eigenvalue weighted by molar-refractivity contribution is -0.128. The summed E-state index contributed by atoms with van der Waals surface area (Å²) in [6, 6.07) is 4.52. The van der Waals surface area contributed by atoms with Gasteiger partial charge >= 0.3 is 6.03 Å². The molecule has 2 atom stereocenters. The summed E-state index contributed by atoms with van der Waals surface area (Å²) in [6.45, 7) is 3.83. The Labute approximate surface area is 158 Å². The Morgan fingerprint density at radius 1 is 1.11 bits per heavy atom. The second-order valence-electron chi connectivity index (χ2n) is 6.61. The number of anilines is 1. The number of carbonyl (C=O) groups is 3. The SMILES string of the molecule is CC(C)C(N)C(=O)N[C@@H](CCCNC(N)=O)C(=O)Nc1ccc(CO)cc1. The molecule has 0 saturated carbocycles. The highest BCUT2D eigenvalue weighted by atomic mass is 16.3. The molecule has 150 valence electrons. The average molecular weight is 379 g/mol. The molecule has 1 aromatic carbocycles. The fourth-order valence-electron chi connectivity index (χ4n) is 2.28. The summed E-state index contributed by atoms with van der Waals surface area (Å²) in [7, 11) is 0. The zero-order valence-electron chi connectivity index (χ0n) is 15.7. The van der Waals surface area contributed by atoms with Crippen LogP contribution in [0.4, 0.5) is 10.5 Å². The van der Waals surface area contributed by atoms with Gasteiger partial charge in [-0.3, -0.25) is 9.59 Å². The molecule has 0 aliphatic heterocycles. The van der Waals surface area contributed by atoms with E-state index in [1.165, 1.54) is 0 Å². The molecular formula is C18H29N5O4. The normalized spacial score (nSPS) is 12.9. The quantitative estimate of drug-likeness (QED) is 0.316. The number of primary amides is 1. The lowest BCUT2D eigenvalue weighted by atomic mass is 10.0. The van der Waals surface area contributed by atoms with Gasteiger partial charge in [0.1, 0.15) is 6.04 Å². The fraction of sp³-hybridized carbons (Fsp3) is 0.500. The van der Waals surface area contributed by atoms with Gasteiger partial charge in [-0.15, -0.1) is 0 Å². The third-order valence-corrected chi connectivity index (χ3v) is 4.03. The highest BCUT2D eigenvalue weighted by molar-refractivity contribution is 5.97. The number of aliphatic hydroxyl groups excluding tert-OH is 1. The smallest absolute Gasteiger partial charge is 0.312 e. The van der Waals surface area contributed by atoms with Gasteiger partial charge in [0.05, 0.1) is 12.6 Å². The van der Waals surface area contributed by atoms with Gasteiger partial charge in [0, 0.05) is 12.2 Å². The Balaban J connectivity index is 2.75. The first-order valence-electron chi connectivity index (χ1n) is 8.84. The van der Waals surface area contributed by atoms with E-state index in [0.717, 1.165) is 5.56 Å². The monoisotopic (exact) mass is 379 g/mol. The van der Waals surface area contributed by atoms with Crippen molar-refractivity contribution in [3.05, 3.63) is 29.8 Å². The number of nitrogens with two attached hydrogens (primary N) is 2. The van der Waals surface area contributed by atoms with Crippen LogP contribution in [-0.2, 0) is 16.2 Å². The molecular weight excluding hydrogens is 350 g/mol. The van der Waals surface area contributed by atoms with Crippen LogP contribution in [-0.4, -0.2) is 41.6 Å². The Morgan fingerprint density at radius 2 is 1.74 bits per heavy atom. The molecule has 9 heteroatoms. The third kappa shape index (κ3) is 8.06. The van der Waals surface area contributed by atoms with Crippen molar-refractivity contribution in [2.45, 2.75) is 45.4 Å². The van der Waals surface area contributed by atoms with Crippen molar-refractivity contribution >= 4 is 23.5 Å². The number of benzene rings is 1. The summed E-state index contributed by atoms with van der Waals surface area (Å²) >= 11 is 0. The average Bonchev–Trinajstić information content (AvgIpc) is 2.63. The minimum Gasteiger partial charge on any atom is -0.392 e. The molecule has 0 aromatic heterocycles. The zero-order chi connectivity index (χ0) is 20.4. The molecule has 0 radical (unpaired) electrons. The predicted molar refractivity (Wildman–Crippen MR) is 103 cm³/mol. The molecule has 1 unspecified atom stereocenters. The van der Waals surface area contributed by atoms with Crippen molar-refractivity contribution < 1.29 is 19.5 Å². The highest BCUT2D eigenvalue weighted by Gasteiger charge is 2.25. The van der Waals surface area contributed by atoms with E-state index < -0.39 is 29.9 Å². The van der Waals surface area contributed by atoms with Crippen LogP contribution in [0.15, 0.2) is 24.3 Å². The van der Waals surface area contributed by atoms with Crippen LogP contribution in [0.1, 0.15) is 32.3 Å². The summed E-state index contributed by atoms with van der Waals surface area (Å²) in [6.07, 6.45) is 0.749. The second-order valence-corrected chi connectivity index (χ2v) is 6.61. The topological polar surface area (TPSA) is 160 Å². The van der Waals surface area contributed by atoms with Crippen LogP contribution in [0, 0.1) is 5.92 Å². The van der Waals surface area contributed by atoms with E-state index in [-0.39, 0.29) is 19.1 Å². The van der Waals surface area contributed by atoms with Gasteiger partial charge in [-0.1, -0.05) is 26.0 Å². The van der Waals surface area contributed by atoms with E-state index in [0.29, 0.717) is 18.5 Å². The minimum atomic E-state index is -0.811. The standard InChI is InChI=1S/C18H29N5O4/c1-11(2)15(19)17(26)23-14(4-3-9-21-18(20)27)16(25)22-13-7-5-12(10-24)6-8-13/h5-8,11,14-15,24H,3-4,9-10,19H2,1-2H3,(H,22,25)(H,23,26)(H3,20,21,27)/t14-,15?/m0/s1. The van der Waals surface area contributed by atoms with Gasteiger partial charge in [-0.2, -0.15) is 0 Å². The van der Waals surface area contributed by atoms with Crippen molar-refractivity contribution in [1.82, 2.24) is 10.6 Å². The van der Waals surface area contributed by atoms with E-state index in [2.05, 4.69) is 16.0 Å². The van der Waals surface area contributed by atoms with Crippen molar-refractivity contribution in [1.29, 1.82) is 0 Å². The molecule has 9 nitrogen and oxygen atoms in total. The summed E-state index contributed by atoms with van der Waals surface area (Å²) in [5, 5.41) is 16.9. The first-order chi connectivity index (χ1) is 12.7. The molecule has 1 rings (SSSR count). The molecule has 0 saturated heterocycles. The molecule has 8 N–H and O–H groups in total. The number of rotatable bonds is 10. The van der Waals surface area contributed by atoms with E-state index >= 15 is 0 Å². The number of hydrogen-bond acceptors (Lipinski definition) is 5. The maximum absolute atomic E-state index is 12.6. The Morgan fingerprint density at radius 3 is 2.26 bits per heavy atom. The Kier molecular flexibility index (Phi) is 9.24. The van der Waals surface area contributed by atoms with E-state index in [4.69, 9.17) is 16.6 Å². The second kappa shape index (κ2) is 11.1. The van der Waals surface area contributed by atoms with Crippen molar-refractivity contribution in [2.24, 2.45) is 17.4 Å². The van der Waals surface area contributed by atoms with Crippen LogP contribution in [0.25, 0.3) is 0 Å². The molecule has 1 aromatic rings. The van der Waals surface area contributed by atoms with Gasteiger partial charge in [0.2, 0.25) is 11.8 Å². The molecule has 0 heterocycles. The summed E-state index contributed by atoms with van der Waals surface area (Å²) < 4.78 is 0. The summed E-state index contributed by atoms with van der Waals surface area (Å²) in [5.41, 5.74) is 12.1. The summed E-state index contributed by atoms with van der Waals surface area (Å²) in [4.78, 5) is 35.6. The lowest BCUT2D eigenvalue weighted by Crippen LogP contribution is -2.51. The molecule has 0 aliphatic rings. The van der Waals surface area contributed by atoms with Crippen LogP contribution < -0.4 is 27.4 Å². The van der Waals surface area contributed by atoms with Crippen LogP contribution in [0.5, 0.6) is 0 Å².